The third kappa shape index (κ3) is 4.76. The van der Waals surface area contributed by atoms with Gasteiger partial charge in [0.2, 0.25) is 5.91 Å². The molecule has 1 fully saturated rings. The molecule has 4 rings (SSSR count). The molecule has 2 aromatic carbocycles. The molecule has 0 aliphatic carbocycles. The summed E-state index contributed by atoms with van der Waals surface area (Å²) >= 11 is 0. The Hall–Kier alpha value is -2.72. The largest absolute Gasteiger partial charge is 0.353 e. The van der Waals surface area contributed by atoms with E-state index >= 15 is 0 Å². The Kier molecular flexibility index (Phi) is 5.98. The lowest BCUT2D eigenvalue weighted by Crippen LogP contribution is -2.44. The van der Waals surface area contributed by atoms with Crippen molar-refractivity contribution in [2.24, 2.45) is 0 Å². The molecule has 1 aliphatic heterocycles. The van der Waals surface area contributed by atoms with E-state index in [0.29, 0.717) is 12.5 Å². The third-order valence-electron chi connectivity index (χ3n) is 5.55. The van der Waals surface area contributed by atoms with Gasteiger partial charge in [-0.25, -0.2) is 0 Å². The third-order valence-corrected chi connectivity index (χ3v) is 5.55. The first-order valence-corrected chi connectivity index (χ1v) is 10.2. The Bertz CT molecular complexity index is 912. The van der Waals surface area contributed by atoms with E-state index < -0.39 is 0 Å². The van der Waals surface area contributed by atoms with Crippen LogP contribution in [-0.2, 0) is 17.8 Å². The second-order valence-electron chi connectivity index (χ2n) is 7.60. The van der Waals surface area contributed by atoms with Gasteiger partial charge in [-0.3, -0.25) is 14.7 Å². The topological polar surface area (TPSA) is 45.2 Å². The Balaban J connectivity index is 1.25. The minimum Gasteiger partial charge on any atom is -0.353 e. The molecule has 1 aliphatic rings. The fourth-order valence-electron chi connectivity index (χ4n) is 3.97. The first kappa shape index (κ1) is 18.6. The van der Waals surface area contributed by atoms with Crippen molar-refractivity contribution in [3.05, 3.63) is 78.0 Å². The first-order valence-electron chi connectivity index (χ1n) is 10.2. The maximum absolute atomic E-state index is 12.3. The van der Waals surface area contributed by atoms with Gasteiger partial charge in [-0.2, -0.15) is 0 Å². The number of para-hydroxylation sites is 1. The van der Waals surface area contributed by atoms with E-state index in [9.17, 15) is 4.79 Å². The molecule has 0 bridgehead atoms. The fourth-order valence-corrected chi connectivity index (χ4v) is 3.97. The van der Waals surface area contributed by atoms with E-state index in [2.05, 4.69) is 51.6 Å². The van der Waals surface area contributed by atoms with Crippen molar-refractivity contribution >= 4 is 16.8 Å². The molecule has 1 N–H and O–H groups in total. The van der Waals surface area contributed by atoms with Crippen LogP contribution in [0.15, 0.2) is 66.9 Å². The van der Waals surface area contributed by atoms with Crippen molar-refractivity contribution in [2.75, 3.05) is 13.1 Å². The monoisotopic (exact) mass is 373 g/mol. The number of likely N-dealkylation sites (tertiary alicyclic amines) is 1. The van der Waals surface area contributed by atoms with Crippen LogP contribution in [0.1, 0.15) is 30.4 Å². The van der Waals surface area contributed by atoms with Crippen molar-refractivity contribution in [1.29, 1.82) is 0 Å². The summed E-state index contributed by atoms with van der Waals surface area (Å²) in [5.74, 6) is 0.167. The van der Waals surface area contributed by atoms with Crippen LogP contribution in [0.25, 0.3) is 10.9 Å². The zero-order valence-corrected chi connectivity index (χ0v) is 16.2. The average Bonchev–Trinajstić information content (AvgIpc) is 2.75. The smallest absolute Gasteiger partial charge is 0.220 e. The van der Waals surface area contributed by atoms with Crippen molar-refractivity contribution < 1.29 is 4.79 Å². The number of fused-ring (bicyclic) bond motifs is 1. The van der Waals surface area contributed by atoms with Gasteiger partial charge < -0.3 is 5.32 Å². The molecule has 3 aromatic rings. The second kappa shape index (κ2) is 8.98. The summed E-state index contributed by atoms with van der Waals surface area (Å²) in [6.45, 7) is 2.93. The summed E-state index contributed by atoms with van der Waals surface area (Å²) < 4.78 is 0. The molecule has 4 heteroatoms. The van der Waals surface area contributed by atoms with Gasteiger partial charge >= 0.3 is 0 Å². The van der Waals surface area contributed by atoms with Crippen LogP contribution < -0.4 is 5.32 Å². The molecule has 144 valence electrons. The molecule has 1 saturated heterocycles. The lowest BCUT2D eigenvalue weighted by atomic mass is 10.0. The number of carbonyl (C=O) groups is 1. The van der Waals surface area contributed by atoms with E-state index in [-0.39, 0.29) is 5.91 Å². The molecule has 0 atom stereocenters. The molecule has 0 saturated carbocycles. The second-order valence-corrected chi connectivity index (χ2v) is 7.60. The zero-order chi connectivity index (χ0) is 19.2. The molecule has 2 heterocycles. The number of piperidine rings is 1. The van der Waals surface area contributed by atoms with Crippen LogP contribution in [0.5, 0.6) is 0 Å². The summed E-state index contributed by atoms with van der Waals surface area (Å²) in [6.07, 6.45) is 5.25. The maximum atomic E-state index is 12.3. The van der Waals surface area contributed by atoms with Crippen molar-refractivity contribution in [3.8, 4) is 0 Å². The van der Waals surface area contributed by atoms with E-state index in [1.54, 1.807) is 0 Å². The summed E-state index contributed by atoms with van der Waals surface area (Å²) in [7, 11) is 0. The number of hydrogen-bond acceptors (Lipinski definition) is 3. The van der Waals surface area contributed by atoms with Gasteiger partial charge in [0.05, 0.1) is 5.52 Å². The van der Waals surface area contributed by atoms with Gasteiger partial charge in [0, 0.05) is 43.7 Å². The molecule has 4 nitrogen and oxygen atoms in total. The Labute approximate surface area is 166 Å². The quantitative estimate of drug-likeness (QED) is 0.712. The van der Waals surface area contributed by atoms with Crippen LogP contribution in [0.3, 0.4) is 0 Å². The van der Waals surface area contributed by atoms with Crippen molar-refractivity contribution in [3.63, 3.8) is 0 Å². The zero-order valence-electron chi connectivity index (χ0n) is 16.2. The highest BCUT2D eigenvalue weighted by Crippen LogP contribution is 2.20. The van der Waals surface area contributed by atoms with Crippen molar-refractivity contribution in [1.82, 2.24) is 15.2 Å². The normalized spacial score (nSPS) is 15.6. The van der Waals surface area contributed by atoms with E-state index in [4.69, 9.17) is 0 Å². The van der Waals surface area contributed by atoms with Crippen LogP contribution in [0.4, 0.5) is 0 Å². The van der Waals surface area contributed by atoms with E-state index in [1.165, 1.54) is 16.5 Å². The summed E-state index contributed by atoms with van der Waals surface area (Å²) in [4.78, 5) is 19.3. The number of rotatable bonds is 6. The summed E-state index contributed by atoms with van der Waals surface area (Å²) in [6, 6.07) is 21.0. The number of benzene rings is 2. The summed E-state index contributed by atoms with van der Waals surface area (Å²) in [5.41, 5.74) is 3.60. The van der Waals surface area contributed by atoms with Crippen LogP contribution >= 0.6 is 0 Å². The van der Waals surface area contributed by atoms with Gasteiger partial charge in [0.25, 0.3) is 0 Å². The predicted octanol–water partition coefficient (Wildman–Crippen LogP) is 3.95. The Morgan fingerprint density at radius 3 is 2.61 bits per heavy atom. The first-order chi connectivity index (χ1) is 13.8. The molecule has 0 radical (unpaired) electrons. The molecule has 28 heavy (non-hydrogen) atoms. The number of aryl methyl sites for hydroxylation is 1. The van der Waals surface area contributed by atoms with Crippen LogP contribution in [0, 0.1) is 0 Å². The molecule has 0 spiro atoms. The van der Waals surface area contributed by atoms with Crippen molar-refractivity contribution in [2.45, 2.75) is 38.3 Å². The van der Waals surface area contributed by atoms with Gasteiger partial charge in [-0.15, -0.1) is 0 Å². The molecule has 0 unspecified atom stereocenters. The number of hydrogen-bond donors (Lipinski definition) is 1. The Morgan fingerprint density at radius 1 is 1.00 bits per heavy atom. The van der Waals surface area contributed by atoms with Crippen LogP contribution in [0.2, 0.25) is 0 Å². The lowest BCUT2D eigenvalue weighted by Gasteiger charge is -2.32. The number of pyridine rings is 1. The fraction of sp³-hybridized carbons (Fsp3) is 0.333. The van der Waals surface area contributed by atoms with Crippen LogP contribution in [-0.4, -0.2) is 34.9 Å². The average molecular weight is 374 g/mol. The standard InChI is InChI=1S/C24H27N3O/c28-23(12-11-19-6-2-1-3-7-19)26-22-13-16-27(17-14-22)18-21-9-4-8-20-10-5-15-25-24(20)21/h1-10,15,22H,11-14,16-18H2,(H,26,28). The highest BCUT2D eigenvalue weighted by molar-refractivity contribution is 5.81. The minimum absolute atomic E-state index is 0.167. The number of aromatic nitrogens is 1. The van der Waals surface area contributed by atoms with Gasteiger partial charge in [-0.1, -0.05) is 54.6 Å². The molecular weight excluding hydrogens is 346 g/mol. The number of carbonyl (C=O) groups excluding carboxylic acids is 1. The Morgan fingerprint density at radius 2 is 1.79 bits per heavy atom. The SMILES string of the molecule is O=C(CCc1ccccc1)NC1CCN(Cc2cccc3cccnc23)CC1. The minimum atomic E-state index is 0.167. The summed E-state index contributed by atoms with van der Waals surface area (Å²) in [5, 5.41) is 4.42. The lowest BCUT2D eigenvalue weighted by molar-refractivity contribution is -0.122. The van der Waals surface area contributed by atoms with Gasteiger partial charge in [0.1, 0.15) is 0 Å². The van der Waals surface area contributed by atoms with E-state index in [0.717, 1.165) is 44.4 Å². The van der Waals surface area contributed by atoms with Gasteiger partial charge in [0.15, 0.2) is 0 Å². The highest BCUT2D eigenvalue weighted by atomic mass is 16.1. The predicted molar refractivity (Wildman–Crippen MR) is 113 cm³/mol. The number of amides is 1. The number of nitrogens with zero attached hydrogens (tertiary/aromatic N) is 2. The number of nitrogens with one attached hydrogen (secondary N) is 1. The molecule has 1 aromatic heterocycles. The molecular formula is C24H27N3O. The highest BCUT2D eigenvalue weighted by Gasteiger charge is 2.21. The van der Waals surface area contributed by atoms with E-state index in [1.807, 2.05) is 30.5 Å². The maximum Gasteiger partial charge on any atom is 0.220 e. The van der Waals surface area contributed by atoms with Gasteiger partial charge in [-0.05, 0) is 36.5 Å². The molecule has 1 amide bonds.